The van der Waals surface area contributed by atoms with Gasteiger partial charge in [0.15, 0.2) is 0 Å². The van der Waals surface area contributed by atoms with Gasteiger partial charge in [0.2, 0.25) is 21.8 Å². The monoisotopic (exact) mass is 456 g/mol. The molecule has 4 fully saturated rings. The largest absolute Gasteiger partial charge is 0.353 e. The second kappa shape index (κ2) is 9.70. The molecule has 4 saturated heterocycles. The Hall–Kier alpha value is -1.27. The maximum Gasteiger partial charge on any atom is 0.237 e. The summed E-state index contributed by atoms with van der Waals surface area (Å²) in [5.74, 6) is 0.127. The molecule has 0 spiro atoms. The first-order valence-electron chi connectivity index (χ1n) is 11.6. The minimum atomic E-state index is -3.32. The van der Waals surface area contributed by atoms with E-state index in [1.54, 1.807) is 0 Å². The van der Waals surface area contributed by atoms with E-state index in [0.29, 0.717) is 38.5 Å². The molecule has 4 unspecified atom stereocenters. The third-order valence-corrected chi connectivity index (χ3v) is 7.85. The fourth-order valence-corrected chi connectivity index (χ4v) is 6.28. The number of sulfonamides is 1. The molecule has 0 radical (unpaired) electrons. The van der Waals surface area contributed by atoms with Crippen molar-refractivity contribution in [2.75, 3.05) is 52.1 Å². The van der Waals surface area contributed by atoms with Gasteiger partial charge in [-0.1, -0.05) is 0 Å². The van der Waals surface area contributed by atoms with E-state index in [1.165, 1.54) is 19.3 Å². The molecule has 4 aliphatic rings. The van der Waals surface area contributed by atoms with Crippen molar-refractivity contribution >= 4 is 21.8 Å². The Labute approximate surface area is 185 Å². The van der Waals surface area contributed by atoms with Crippen molar-refractivity contribution in [3.63, 3.8) is 0 Å². The molecule has 11 heteroatoms. The minimum absolute atomic E-state index is 0.0483. The molecular formula is C20H36N6O4S. The van der Waals surface area contributed by atoms with E-state index in [4.69, 9.17) is 0 Å². The van der Waals surface area contributed by atoms with Crippen LogP contribution >= 0.6 is 0 Å². The molecule has 3 N–H and O–H groups in total. The van der Waals surface area contributed by atoms with E-state index in [-0.39, 0.29) is 29.9 Å². The number of amides is 2. The lowest BCUT2D eigenvalue weighted by atomic mass is 10.0. The fraction of sp³-hybridized carbons (Fsp3) is 0.900. The van der Waals surface area contributed by atoms with Crippen LogP contribution in [0.3, 0.4) is 0 Å². The first kappa shape index (κ1) is 22.9. The third kappa shape index (κ3) is 5.75. The molecule has 4 aliphatic heterocycles. The van der Waals surface area contributed by atoms with Gasteiger partial charge in [0.25, 0.3) is 0 Å². The molecule has 31 heavy (non-hydrogen) atoms. The number of carbonyl (C=O) groups is 2. The summed E-state index contributed by atoms with van der Waals surface area (Å²) >= 11 is 0. The van der Waals surface area contributed by atoms with Crippen LogP contribution in [0.5, 0.6) is 0 Å². The first-order valence-corrected chi connectivity index (χ1v) is 13.5. The van der Waals surface area contributed by atoms with Gasteiger partial charge in [0, 0.05) is 57.8 Å². The molecule has 4 heterocycles. The van der Waals surface area contributed by atoms with Gasteiger partial charge in [-0.05, 0) is 38.6 Å². The van der Waals surface area contributed by atoms with E-state index in [1.807, 2.05) is 4.90 Å². The van der Waals surface area contributed by atoms with Gasteiger partial charge < -0.3 is 15.5 Å². The van der Waals surface area contributed by atoms with E-state index in [9.17, 15) is 18.0 Å². The number of rotatable bonds is 6. The van der Waals surface area contributed by atoms with Crippen LogP contribution in [0.25, 0.3) is 0 Å². The van der Waals surface area contributed by atoms with Gasteiger partial charge in [-0.15, -0.1) is 0 Å². The quantitative estimate of drug-likeness (QED) is 0.446. The van der Waals surface area contributed by atoms with Crippen LogP contribution in [0.4, 0.5) is 0 Å². The van der Waals surface area contributed by atoms with Crippen molar-refractivity contribution in [1.82, 2.24) is 30.1 Å². The van der Waals surface area contributed by atoms with Crippen LogP contribution < -0.4 is 15.4 Å². The summed E-state index contributed by atoms with van der Waals surface area (Å²) in [5, 5.41) is 6.52. The molecule has 2 amide bonds. The molecule has 0 saturated carbocycles. The lowest BCUT2D eigenvalue weighted by molar-refractivity contribution is -0.134. The number of piperidine rings is 1. The molecule has 0 aromatic heterocycles. The lowest BCUT2D eigenvalue weighted by Crippen LogP contribution is -2.58. The maximum absolute atomic E-state index is 12.8. The van der Waals surface area contributed by atoms with E-state index in [0.717, 1.165) is 39.0 Å². The van der Waals surface area contributed by atoms with Crippen LogP contribution in [-0.2, 0) is 19.6 Å². The number of nitrogens with zero attached hydrogens (tertiary/aromatic N) is 3. The van der Waals surface area contributed by atoms with Crippen molar-refractivity contribution in [2.45, 2.75) is 62.8 Å². The third-order valence-electron chi connectivity index (χ3n) is 7.09. The molecular weight excluding hydrogens is 420 g/mol. The highest BCUT2D eigenvalue weighted by molar-refractivity contribution is 7.88. The topological polar surface area (TPSA) is 114 Å². The van der Waals surface area contributed by atoms with Crippen molar-refractivity contribution in [2.24, 2.45) is 0 Å². The van der Waals surface area contributed by atoms with E-state index in [2.05, 4.69) is 25.2 Å². The predicted octanol–water partition coefficient (Wildman–Crippen LogP) is -1.50. The smallest absolute Gasteiger partial charge is 0.237 e. The Morgan fingerprint density at radius 2 is 1.97 bits per heavy atom. The summed E-state index contributed by atoms with van der Waals surface area (Å²) in [4.78, 5) is 31.6. The van der Waals surface area contributed by atoms with Crippen LogP contribution in [0.15, 0.2) is 0 Å². The van der Waals surface area contributed by atoms with Crippen LogP contribution in [0.2, 0.25) is 0 Å². The van der Waals surface area contributed by atoms with E-state index >= 15 is 0 Å². The number of fused-ring (bicyclic) bond motifs is 1. The Kier molecular flexibility index (Phi) is 7.17. The Morgan fingerprint density at radius 1 is 1.19 bits per heavy atom. The van der Waals surface area contributed by atoms with E-state index < -0.39 is 10.0 Å². The average Bonchev–Trinajstić information content (AvgIpc) is 3.17. The lowest BCUT2D eigenvalue weighted by Gasteiger charge is -2.41. The SMILES string of the molecule is CS(=O)(=O)NC1CC2C(=O)NCC(CCC(=O)N3CCN(C4CCCCN4)CC3)N2C1. The molecule has 0 aromatic rings. The summed E-state index contributed by atoms with van der Waals surface area (Å²) in [6, 6.07) is -0.520. The molecule has 0 bridgehead atoms. The van der Waals surface area contributed by atoms with Crippen molar-refractivity contribution in [1.29, 1.82) is 0 Å². The number of hydrogen-bond donors (Lipinski definition) is 3. The second-order valence-electron chi connectivity index (χ2n) is 9.36. The zero-order valence-corrected chi connectivity index (χ0v) is 19.2. The van der Waals surface area contributed by atoms with Crippen LogP contribution in [0.1, 0.15) is 38.5 Å². The van der Waals surface area contributed by atoms with Crippen LogP contribution in [0, 0.1) is 0 Å². The van der Waals surface area contributed by atoms with Crippen molar-refractivity contribution in [3.05, 3.63) is 0 Å². The van der Waals surface area contributed by atoms with Crippen molar-refractivity contribution < 1.29 is 18.0 Å². The highest BCUT2D eigenvalue weighted by Gasteiger charge is 2.44. The summed E-state index contributed by atoms with van der Waals surface area (Å²) in [6.07, 6.45) is 6.91. The summed E-state index contributed by atoms with van der Waals surface area (Å²) in [7, 11) is -3.32. The molecule has 10 nitrogen and oxygen atoms in total. The number of nitrogens with one attached hydrogen (secondary N) is 3. The predicted molar refractivity (Wildman–Crippen MR) is 117 cm³/mol. The van der Waals surface area contributed by atoms with Gasteiger partial charge in [-0.25, -0.2) is 13.1 Å². The fourth-order valence-electron chi connectivity index (χ4n) is 5.51. The van der Waals surface area contributed by atoms with Gasteiger partial charge in [0.05, 0.1) is 18.5 Å². The Bertz CT molecular complexity index is 764. The molecule has 4 atom stereocenters. The minimum Gasteiger partial charge on any atom is -0.353 e. The number of hydrogen-bond acceptors (Lipinski definition) is 7. The molecule has 4 rings (SSSR count). The Morgan fingerprint density at radius 3 is 2.65 bits per heavy atom. The summed E-state index contributed by atoms with van der Waals surface area (Å²) in [6.45, 7) is 5.47. The number of carbonyl (C=O) groups excluding carboxylic acids is 2. The van der Waals surface area contributed by atoms with Crippen LogP contribution in [-0.4, -0.2) is 111 Å². The number of piperazine rings is 2. The summed E-state index contributed by atoms with van der Waals surface area (Å²) < 4.78 is 25.8. The second-order valence-corrected chi connectivity index (χ2v) is 11.1. The standard InChI is InChI=1S/C20H36N6O4S/c1-31(29,30)23-15-12-17-20(28)22-13-16(26(17)14-15)5-6-19(27)25-10-8-24(9-11-25)18-4-2-3-7-21-18/h15-18,21,23H,2-14H2,1H3,(H,22,28). The van der Waals surface area contributed by atoms with Gasteiger partial charge in [-0.3, -0.25) is 19.4 Å². The van der Waals surface area contributed by atoms with Crippen molar-refractivity contribution in [3.8, 4) is 0 Å². The normalized spacial score (nSPS) is 33.2. The van der Waals surface area contributed by atoms with Gasteiger partial charge >= 0.3 is 0 Å². The zero-order chi connectivity index (χ0) is 22.0. The Balaban J connectivity index is 1.25. The summed E-state index contributed by atoms with van der Waals surface area (Å²) in [5.41, 5.74) is 0. The zero-order valence-electron chi connectivity index (χ0n) is 18.4. The van der Waals surface area contributed by atoms with Gasteiger partial charge in [-0.2, -0.15) is 0 Å². The van der Waals surface area contributed by atoms with Gasteiger partial charge in [0.1, 0.15) is 0 Å². The molecule has 0 aliphatic carbocycles. The highest BCUT2D eigenvalue weighted by atomic mass is 32.2. The average molecular weight is 457 g/mol. The molecule has 176 valence electrons. The first-order chi connectivity index (χ1) is 14.8. The highest BCUT2D eigenvalue weighted by Crippen LogP contribution is 2.26. The molecule has 0 aromatic carbocycles. The maximum atomic E-state index is 12.8.